The number of fused-ring (bicyclic) bond motifs is 1. The van der Waals surface area contributed by atoms with E-state index in [0.717, 1.165) is 17.8 Å². The molecule has 3 aromatic carbocycles. The highest BCUT2D eigenvalue weighted by molar-refractivity contribution is 7.22. The first-order valence-corrected chi connectivity index (χ1v) is 13.9. The van der Waals surface area contributed by atoms with E-state index in [-0.39, 0.29) is 16.5 Å². The van der Waals surface area contributed by atoms with E-state index in [0.29, 0.717) is 51.1 Å². The number of halogens is 1. The molecule has 10 heteroatoms. The summed E-state index contributed by atoms with van der Waals surface area (Å²) in [4.78, 5) is 32.9. The average molecular weight is 577 g/mol. The van der Waals surface area contributed by atoms with Crippen LogP contribution in [0, 0.1) is 11.7 Å². The van der Waals surface area contributed by atoms with Gasteiger partial charge in [0.25, 0.3) is 5.78 Å². The number of nitrogens with zero attached hydrogens (tertiary/aromatic N) is 2. The summed E-state index contributed by atoms with van der Waals surface area (Å²) < 4.78 is 31.2. The molecule has 1 aliphatic heterocycles. The van der Waals surface area contributed by atoms with Crippen molar-refractivity contribution < 1.29 is 33.3 Å². The van der Waals surface area contributed by atoms with Crippen molar-refractivity contribution in [2.24, 2.45) is 5.92 Å². The van der Waals surface area contributed by atoms with Crippen molar-refractivity contribution in [1.29, 1.82) is 0 Å². The molecule has 212 valence electrons. The van der Waals surface area contributed by atoms with Crippen LogP contribution < -0.4 is 19.1 Å². The molecule has 41 heavy (non-hydrogen) atoms. The van der Waals surface area contributed by atoms with Gasteiger partial charge in [-0.3, -0.25) is 14.5 Å². The van der Waals surface area contributed by atoms with Crippen LogP contribution in [0.15, 0.2) is 66.2 Å². The maximum atomic E-state index is 13.9. The van der Waals surface area contributed by atoms with Crippen LogP contribution >= 0.6 is 11.3 Å². The summed E-state index contributed by atoms with van der Waals surface area (Å²) in [7, 11) is 3.03. The molecule has 1 N–H and O–H groups in total. The number of aromatic nitrogens is 1. The summed E-state index contributed by atoms with van der Waals surface area (Å²) in [5, 5.41) is 11.6. The van der Waals surface area contributed by atoms with E-state index < -0.39 is 23.5 Å². The summed E-state index contributed by atoms with van der Waals surface area (Å²) in [6, 6.07) is 14.7. The highest BCUT2D eigenvalue weighted by atomic mass is 32.1. The van der Waals surface area contributed by atoms with E-state index in [1.54, 1.807) is 42.5 Å². The Morgan fingerprint density at radius 3 is 2.46 bits per heavy atom. The number of ether oxygens (including phenoxy) is 3. The highest BCUT2D eigenvalue weighted by Crippen LogP contribution is 2.46. The summed E-state index contributed by atoms with van der Waals surface area (Å²) in [5.74, 6) is -0.568. The lowest BCUT2D eigenvalue weighted by molar-refractivity contribution is -0.132. The minimum absolute atomic E-state index is 0.110. The van der Waals surface area contributed by atoms with Crippen LogP contribution in [0.1, 0.15) is 37.4 Å². The number of carbonyl (C=O) groups is 2. The van der Waals surface area contributed by atoms with Gasteiger partial charge in [0, 0.05) is 5.56 Å². The largest absolute Gasteiger partial charge is 0.507 e. The monoisotopic (exact) mass is 576 g/mol. The molecule has 0 bridgehead atoms. The molecule has 0 saturated carbocycles. The summed E-state index contributed by atoms with van der Waals surface area (Å²) in [6.07, 6.45) is 0.852. The van der Waals surface area contributed by atoms with E-state index in [1.807, 2.05) is 0 Å². The molecular formula is C31H29FN2O6S. The molecule has 0 spiro atoms. The number of amides is 1. The van der Waals surface area contributed by atoms with Crippen molar-refractivity contribution in [2.45, 2.75) is 26.3 Å². The highest BCUT2D eigenvalue weighted by Gasteiger charge is 2.48. The summed E-state index contributed by atoms with van der Waals surface area (Å²) >= 11 is 1.08. The molecule has 5 rings (SSSR count). The van der Waals surface area contributed by atoms with E-state index in [2.05, 4.69) is 18.8 Å². The minimum Gasteiger partial charge on any atom is -0.507 e. The molecule has 0 aliphatic carbocycles. The number of rotatable bonds is 9. The van der Waals surface area contributed by atoms with Gasteiger partial charge in [-0.25, -0.2) is 9.37 Å². The van der Waals surface area contributed by atoms with Gasteiger partial charge in [0.1, 0.15) is 17.3 Å². The number of aliphatic hydroxyl groups excluding tert-OH is 1. The van der Waals surface area contributed by atoms with Crippen LogP contribution in [0.3, 0.4) is 0 Å². The smallest absolute Gasteiger partial charge is 0.301 e. The van der Waals surface area contributed by atoms with Crippen LogP contribution in [0.25, 0.3) is 16.0 Å². The molecule has 1 atom stereocenters. The van der Waals surface area contributed by atoms with Crippen molar-refractivity contribution in [2.75, 3.05) is 25.7 Å². The van der Waals surface area contributed by atoms with Gasteiger partial charge >= 0.3 is 5.91 Å². The van der Waals surface area contributed by atoms with Gasteiger partial charge in [-0.05, 0) is 72.5 Å². The lowest BCUT2D eigenvalue weighted by atomic mass is 9.95. The van der Waals surface area contributed by atoms with Crippen molar-refractivity contribution in [1.82, 2.24) is 4.98 Å². The van der Waals surface area contributed by atoms with Crippen molar-refractivity contribution >= 4 is 44.1 Å². The summed E-state index contributed by atoms with van der Waals surface area (Å²) in [5.41, 5.74) is 1.20. The van der Waals surface area contributed by atoms with Gasteiger partial charge in [0.2, 0.25) is 0 Å². The lowest BCUT2D eigenvalue weighted by Gasteiger charge is -2.24. The third kappa shape index (κ3) is 5.47. The Hall–Kier alpha value is -4.44. The first kappa shape index (κ1) is 28.1. The molecule has 1 aliphatic rings. The number of thiazole rings is 1. The second-order valence-electron chi connectivity index (χ2n) is 9.95. The average Bonchev–Trinajstić information content (AvgIpc) is 3.50. The Balaban J connectivity index is 1.66. The second kappa shape index (κ2) is 11.6. The van der Waals surface area contributed by atoms with E-state index in [1.165, 1.54) is 37.3 Å². The van der Waals surface area contributed by atoms with E-state index in [4.69, 9.17) is 14.2 Å². The third-order valence-corrected chi connectivity index (χ3v) is 7.83. The van der Waals surface area contributed by atoms with Gasteiger partial charge in [0.05, 0.1) is 42.7 Å². The molecule has 8 nitrogen and oxygen atoms in total. The van der Waals surface area contributed by atoms with Gasteiger partial charge in [0.15, 0.2) is 16.6 Å². The molecule has 1 fully saturated rings. The van der Waals surface area contributed by atoms with Gasteiger partial charge < -0.3 is 19.3 Å². The Morgan fingerprint density at radius 2 is 1.78 bits per heavy atom. The maximum Gasteiger partial charge on any atom is 0.301 e. The fourth-order valence-corrected chi connectivity index (χ4v) is 5.63. The maximum absolute atomic E-state index is 13.9. The van der Waals surface area contributed by atoms with Crippen LogP contribution in [0.2, 0.25) is 0 Å². The lowest BCUT2D eigenvalue weighted by Crippen LogP contribution is -2.29. The van der Waals surface area contributed by atoms with Crippen molar-refractivity contribution in [3.05, 3.63) is 83.2 Å². The molecule has 2 heterocycles. The molecule has 1 aromatic heterocycles. The van der Waals surface area contributed by atoms with Crippen LogP contribution in [-0.2, 0) is 9.59 Å². The van der Waals surface area contributed by atoms with Crippen molar-refractivity contribution in [3.63, 3.8) is 0 Å². The molecule has 4 aromatic rings. The zero-order valence-corrected chi connectivity index (χ0v) is 23.8. The molecule has 1 amide bonds. The molecule has 0 radical (unpaired) electrons. The SMILES string of the molecule is COc1ccc(C(O)=C2C(=O)C(=O)N(c3nc4ccc(F)cc4s3)C2c2ccc(OCCC(C)C)c(OC)c2)cc1. The number of benzene rings is 3. The first-order valence-electron chi connectivity index (χ1n) is 13.0. The number of ketones is 1. The van der Waals surface area contributed by atoms with Crippen LogP contribution in [0.5, 0.6) is 17.2 Å². The predicted molar refractivity (Wildman–Crippen MR) is 155 cm³/mol. The standard InChI is InChI=1S/C31H29FN2O6S/c1-17(2)13-14-40-23-12-7-19(15-24(23)39-4)27-26(28(35)18-5-9-21(38-3)10-6-18)29(36)30(37)34(27)31-33-22-11-8-20(32)16-25(22)41-31/h5-12,15-17,27,35H,13-14H2,1-4H3. The minimum atomic E-state index is -1.04. The number of Topliss-reactive ketones (excluding diaryl/α,β-unsaturated/α-hetero) is 1. The van der Waals surface area contributed by atoms with Crippen LogP contribution in [-0.4, -0.2) is 42.6 Å². The number of aliphatic hydroxyl groups is 1. The predicted octanol–water partition coefficient (Wildman–Crippen LogP) is 6.50. The molecular weight excluding hydrogens is 547 g/mol. The third-order valence-electron chi connectivity index (χ3n) is 6.81. The quantitative estimate of drug-likeness (QED) is 0.138. The van der Waals surface area contributed by atoms with Gasteiger partial charge in [-0.15, -0.1) is 0 Å². The Morgan fingerprint density at radius 1 is 1.02 bits per heavy atom. The number of methoxy groups -OCH3 is 2. The topological polar surface area (TPSA) is 98.2 Å². The van der Waals surface area contributed by atoms with Gasteiger partial charge in [-0.1, -0.05) is 31.3 Å². The first-order chi connectivity index (χ1) is 19.7. The number of hydrogen-bond acceptors (Lipinski definition) is 8. The van der Waals surface area contributed by atoms with Crippen molar-refractivity contribution in [3.8, 4) is 17.2 Å². The number of carbonyl (C=O) groups excluding carboxylic acids is 2. The summed E-state index contributed by atoms with van der Waals surface area (Å²) in [6.45, 7) is 4.70. The zero-order chi connectivity index (χ0) is 29.3. The van der Waals surface area contributed by atoms with E-state index >= 15 is 0 Å². The van der Waals surface area contributed by atoms with Gasteiger partial charge in [-0.2, -0.15) is 0 Å². The Bertz CT molecular complexity index is 1650. The Kier molecular flexibility index (Phi) is 7.94. The molecule has 1 unspecified atom stereocenters. The fraction of sp³-hybridized carbons (Fsp3) is 0.258. The fourth-order valence-electron chi connectivity index (χ4n) is 4.62. The Labute approximate surface area is 240 Å². The molecule has 1 saturated heterocycles. The second-order valence-corrected chi connectivity index (χ2v) is 11.0. The van der Waals surface area contributed by atoms with Crippen LogP contribution in [0.4, 0.5) is 9.52 Å². The van der Waals surface area contributed by atoms with E-state index in [9.17, 15) is 19.1 Å². The zero-order valence-electron chi connectivity index (χ0n) is 23.0. The number of anilines is 1. The normalized spacial score (nSPS) is 16.5. The number of hydrogen-bond donors (Lipinski definition) is 1.